The van der Waals surface area contributed by atoms with Gasteiger partial charge in [0, 0.05) is 12.2 Å². The first-order valence-electron chi connectivity index (χ1n) is 8.43. The Morgan fingerprint density at radius 3 is 2.50 bits per heavy atom. The smallest absolute Gasteiger partial charge is 0.127 e. The van der Waals surface area contributed by atoms with Crippen molar-refractivity contribution in [2.45, 2.75) is 46.5 Å². The molecule has 2 rings (SSSR count). The molecule has 0 spiro atoms. The maximum atomic E-state index is 6.04. The second kappa shape index (κ2) is 8.19. The van der Waals surface area contributed by atoms with Gasteiger partial charge in [0.1, 0.15) is 12.4 Å². The van der Waals surface area contributed by atoms with Gasteiger partial charge in [0.25, 0.3) is 0 Å². The molecular formula is C20H28O2. The molecular weight excluding hydrogens is 272 g/mol. The number of ether oxygens (including phenoxy) is 2. The zero-order valence-electron chi connectivity index (χ0n) is 14.3. The number of fused-ring (bicyclic) bond motifs is 1. The largest absolute Gasteiger partial charge is 0.491 e. The van der Waals surface area contributed by atoms with E-state index in [2.05, 4.69) is 51.1 Å². The minimum atomic E-state index is 0.511. The maximum absolute atomic E-state index is 6.04. The van der Waals surface area contributed by atoms with Crippen LogP contribution in [0, 0.1) is 0 Å². The van der Waals surface area contributed by atoms with E-state index in [0.717, 1.165) is 25.2 Å². The van der Waals surface area contributed by atoms with Crippen molar-refractivity contribution in [1.82, 2.24) is 0 Å². The Labute approximate surface area is 134 Å². The normalized spacial score (nSPS) is 11.3. The fourth-order valence-corrected chi connectivity index (χ4v) is 2.76. The van der Waals surface area contributed by atoms with E-state index in [-0.39, 0.29) is 0 Å². The molecule has 2 aliphatic carbocycles. The highest BCUT2D eigenvalue weighted by molar-refractivity contribution is 5.77. The van der Waals surface area contributed by atoms with Crippen LogP contribution in [0.25, 0.3) is 11.1 Å². The highest BCUT2D eigenvalue weighted by Gasteiger charge is 2.15. The molecule has 2 aliphatic rings. The van der Waals surface area contributed by atoms with Crippen LogP contribution in [0.2, 0.25) is 0 Å². The van der Waals surface area contributed by atoms with Gasteiger partial charge >= 0.3 is 0 Å². The monoisotopic (exact) mass is 300 g/mol. The highest BCUT2D eigenvalue weighted by atomic mass is 16.5. The fraction of sp³-hybridized carbons (Fsp3) is 0.500. The second-order valence-electron chi connectivity index (χ2n) is 5.98. The molecule has 0 N–H and O–H groups in total. The van der Waals surface area contributed by atoms with E-state index in [1.54, 1.807) is 0 Å². The number of rotatable bonds is 8. The van der Waals surface area contributed by atoms with Gasteiger partial charge in [-0.2, -0.15) is 0 Å². The van der Waals surface area contributed by atoms with Crippen molar-refractivity contribution in [2.24, 2.45) is 0 Å². The lowest BCUT2D eigenvalue weighted by atomic mass is 10.0. The van der Waals surface area contributed by atoms with Crippen LogP contribution in [0.1, 0.15) is 51.2 Å². The molecule has 0 saturated heterocycles. The first-order valence-corrected chi connectivity index (χ1v) is 8.43. The van der Waals surface area contributed by atoms with Gasteiger partial charge in [-0.25, -0.2) is 0 Å². The van der Waals surface area contributed by atoms with E-state index in [4.69, 9.17) is 9.47 Å². The molecule has 0 saturated carbocycles. The molecule has 2 heteroatoms. The standard InChI is InChI=1S/C20H28O2/c1-5-7-16-8-9-18-14-17(15(3)4)10-11-19(20(16)18)22-13-12-21-6-2/h8-11,14-15H,5-7,12-13H2,1-4H3. The van der Waals surface area contributed by atoms with Crippen LogP contribution < -0.4 is 4.74 Å². The summed E-state index contributed by atoms with van der Waals surface area (Å²) in [5.41, 5.74) is 5.28. The first kappa shape index (κ1) is 16.8. The minimum absolute atomic E-state index is 0.511. The molecule has 0 fully saturated rings. The van der Waals surface area contributed by atoms with Crippen molar-refractivity contribution in [3.05, 3.63) is 41.5 Å². The Kier molecular flexibility index (Phi) is 6.26. The lowest BCUT2D eigenvalue weighted by Gasteiger charge is -2.10. The van der Waals surface area contributed by atoms with Crippen LogP contribution >= 0.6 is 0 Å². The van der Waals surface area contributed by atoms with Gasteiger partial charge in [-0.05, 0) is 42.0 Å². The predicted octanol–water partition coefficient (Wildman–Crippen LogP) is 5.28. The lowest BCUT2D eigenvalue weighted by molar-refractivity contribution is 0.110. The Hall–Kier alpha value is -1.54. The molecule has 0 aromatic carbocycles. The highest BCUT2D eigenvalue weighted by Crippen LogP contribution is 2.38. The van der Waals surface area contributed by atoms with Crippen molar-refractivity contribution in [3.63, 3.8) is 0 Å². The molecule has 0 unspecified atom stereocenters. The van der Waals surface area contributed by atoms with Gasteiger partial charge in [-0.3, -0.25) is 0 Å². The van der Waals surface area contributed by atoms with Crippen LogP contribution in [-0.4, -0.2) is 19.8 Å². The summed E-state index contributed by atoms with van der Waals surface area (Å²) in [6.45, 7) is 10.6. The van der Waals surface area contributed by atoms with Gasteiger partial charge < -0.3 is 9.47 Å². The number of aryl methyl sites for hydroxylation is 1. The van der Waals surface area contributed by atoms with E-state index in [9.17, 15) is 0 Å². The minimum Gasteiger partial charge on any atom is -0.491 e. The molecule has 120 valence electrons. The van der Waals surface area contributed by atoms with E-state index in [0.29, 0.717) is 19.1 Å². The summed E-state index contributed by atoms with van der Waals surface area (Å²) in [5.74, 6) is 1.49. The summed E-state index contributed by atoms with van der Waals surface area (Å²) in [5, 5.41) is 0. The van der Waals surface area contributed by atoms with Crippen LogP contribution in [0.4, 0.5) is 0 Å². The molecule has 22 heavy (non-hydrogen) atoms. The molecule has 0 amide bonds. The van der Waals surface area contributed by atoms with Crippen molar-refractivity contribution >= 4 is 0 Å². The van der Waals surface area contributed by atoms with Crippen molar-refractivity contribution in [3.8, 4) is 16.9 Å². The van der Waals surface area contributed by atoms with E-state index >= 15 is 0 Å². The Balaban J connectivity index is 2.36. The third kappa shape index (κ3) is 4.01. The molecule has 0 aliphatic heterocycles. The zero-order valence-corrected chi connectivity index (χ0v) is 14.3. The van der Waals surface area contributed by atoms with Gasteiger partial charge in [0.15, 0.2) is 0 Å². The topological polar surface area (TPSA) is 18.5 Å². The Morgan fingerprint density at radius 1 is 1.00 bits per heavy atom. The SMILES string of the molecule is CCCc1ccc2cc(C(C)C)ccc(OCCOCC)c1-2. The van der Waals surface area contributed by atoms with Crippen molar-refractivity contribution in [2.75, 3.05) is 19.8 Å². The molecule has 0 radical (unpaired) electrons. The fourth-order valence-electron chi connectivity index (χ4n) is 2.76. The molecule has 0 bridgehead atoms. The summed E-state index contributed by atoms with van der Waals surface area (Å²) in [6, 6.07) is 11.1. The molecule has 0 heterocycles. The predicted molar refractivity (Wildman–Crippen MR) is 93.1 cm³/mol. The van der Waals surface area contributed by atoms with Gasteiger partial charge in [-0.15, -0.1) is 0 Å². The molecule has 0 aromatic rings. The molecule has 0 atom stereocenters. The Morgan fingerprint density at radius 2 is 1.82 bits per heavy atom. The summed E-state index contributed by atoms with van der Waals surface area (Å²) >= 11 is 0. The summed E-state index contributed by atoms with van der Waals surface area (Å²) < 4.78 is 11.4. The van der Waals surface area contributed by atoms with Crippen LogP contribution in [0.5, 0.6) is 5.75 Å². The molecule has 2 nitrogen and oxygen atoms in total. The van der Waals surface area contributed by atoms with Gasteiger partial charge in [0.2, 0.25) is 0 Å². The first-order chi connectivity index (χ1) is 10.7. The quantitative estimate of drug-likeness (QED) is 0.617. The van der Waals surface area contributed by atoms with Crippen LogP contribution in [0.3, 0.4) is 0 Å². The average molecular weight is 300 g/mol. The average Bonchev–Trinajstić information content (AvgIpc) is 2.78. The number of hydrogen-bond donors (Lipinski definition) is 0. The maximum Gasteiger partial charge on any atom is 0.127 e. The number of hydrogen-bond acceptors (Lipinski definition) is 2. The third-order valence-corrected chi connectivity index (χ3v) is 3.94. The second-order valence-corrected chi connectivity index (χ2v) is 5.98. The van der Waals surface area contributed by atoms with E-state index in [1.807, 2.05) is 6.92 Å². The lowest BCUT2D eigenvalue weighted by Crippen LogP contribution is -2.06. The summed E-state index contributed by atoms with van der Waals surface area (Å²) in [6.07, 6.45) is 2.24. The third-order valence-electron chi connectivity index (χ3n) is 3.94. The van der Waals surface area contributed by atoms with Crippen LogP contribution in [0.15, 0.2) is 30.3 Å². The summed E-state index contributed by atoms with van der Waals surface area (Å²) in [7, 11) is 0. The van der Waals surface area contributed by atoms with E-state index < -0.39 is 0 Å². The van der Waals surface area contributed by atoms with Gasteiger partial charge in [0.05, 0.1) is 6.61 Å². The van der Waals surface area contributed by atoms with E-state index in [1.165, 1.54) is 22.3 Å². The van der Waals surface area contributed by atoms with Crippen LogP contribution in [-0.2, 0) is 11.2 Å². The van der Waals surface area contributed by atoms with Crippen molar-refractivity contribution < 1.29 is 9.47 Å². The summed E-state index contributed by atoms with van der Waals surface area (Å²) in [4.78, 5) is 0. The van der Waals surface area contributed by atoms with Crippen molar-refractivity contribution in [1.29, 1.82) is 0 Å². The molecule has 0 aromatic heterocycles. The zero-order chi connectivity index (χ0) is 15.9. The Bertz CT molecular complexity index is 560. The van der Waals surface area contributed by atoms with Gasteiger partial charge in [-0.1, -0.05) is 51.5 Å².